The second-order valence-electron chi connectivity index (χ2n) is 7.88. The van der Waals surface area contributed by atoms with Crippen LogP contribution in [0.2, 0.25) is 0 Å². The molecule has 1 aliphatic rings. The Morgan fingerprint density at radius 3 is 2.39 bits per heavy atom. The summed E-state index contributed by atoms with van der Waals surface area (Å²) in [5.74, 6) is 1.15. The van der Waals surface area contributed by atoms with Crippen molar-refractivity contribution in [3.05, 3.63) is 60.2 Å². The van der Waals surface area contributed by atoms with Crippen molar-refractivity contribution >= 4 is 34.5 Å². The number of benzene rings is 2. The number of hydrogen-bond donors (Lipinski definition) is 1. The minimum absolute atomic E-state index is 0.00514. The molecule has 0 unspecified atom stereocenters. The van der Waals surface area contributed by atoms with Crippen LogP contribution in [0.25, 0.3) is 11.0 Å². The standard InChI is InChI=1S/C24H28N4O2S/c1-17-14-28(15-18(2)30-17)23-24(27-21-11-7-6-10-20(21)26-23)31-16-22(29)25-13-12-19-8-4-3-5-9-19/h3-11,17-18H,12-16H2,1-2H3,(H,25,29)/t17-,18+. The molecule has 2 aromatic carbocycles. The van der Waals surface area contributed by atoms with E-state index in [-0.39, 0.29) is 18.1 Å². The number of anilines is 1. The summed E-state index contributed by atoms with van der Waals surface area (Å²) in [6.07, 6.45) is 1.06. The third-order valence-corrected chi connectivity index (χ3v) is 6.11. The van der Waals surface area contributed by atoms with Crippen molar-refractivity contribution in [2.45, 2.75) is 37.5 Å². The lowest BCUT2D eigenvalue weighted by Gasteiger charge is -2.36. The molecule has 1 aromatic heterocycles. The van der Waals surface area contributed by atoms with E-state index in [2.05, 4.69) is 36.2 Å². The van der Waals surface area contributed by atoms with Crippen LogP contribution in [0.4, 0.5) is 5.82 Å². The monoisotopic (exact) mass is 436 g/mol. The first-order valence-electron chi connectivity index (χ1n) is 10.7. The van der Waals surface area contributed by atoms with E-state index in [1.807, 2.05) is 42.5 Å². The Morgan fingerprint density at radius 2 is 1.68 bits per heavy atom. The summed E-state index contributed by atoms with van der Waals surface area (Å²) in [7, 11) is 0. The Labute approximate surface area is 187 Å². The van der Waals surface area contributed by atoms with Crippen LogP contribution in [0.3, 0.4) is 0 Å². The summed E-state index contributed by atoms with van der Waals surface area (Å²) in [6.45, 7) is 6.29. The van der Waals surface area contributed by atoms with Crippen molar-refractivity contribution < 1.29 is 9.53 Å². The number of carbonyl (C=O) groups is 1. The smallest absolute Gasteiger partial charge is 0.230 e. The zero-order valence-corrected chi connectivity index (χ0v) is 18.8. The highest BCUT2D eigenvalue weighted by molar-refractivity contribution is 8.00. The molecular weight excluding hydrogens is 408 g/mol. The SMILES string of the molecule is C[C@@H]1CN(c2nc3ccccc3nc2SCC(=O)NCCc2ccccc2)C[C@H](C)O1. The minimum Gasteiger partial charge on any atom is -0.372 e. The predicted octanol–water partition coefficient (Wildman–Crippen LogP) is 3.69. The predicted molar refractivity (Wildman–Crippen MR) is 126 cm³/mol. The average Bonchev–Trinajstić information content (AvgIpc) is 2.77. The summed E-state index contributed by atoms with van der Waals surface area (Å²) in [5.41, 5.74) is 2.92. The van der Waals surface area contributed by atoms with Gasteiger partial charge in [-0.1, -0.05) is 54.2 Å². The molecule has 31 heavy (non-hydrogen) atoms. The molecule has 162 valence electrons. The van der Waals surface area contributed by atoms with E-state index in [1.165, 1.54) is 17.3 Å². The number of thioether (sulfide) groups is 1. The van der Waals surface area contributed by atoms with Gasteiger partial charge in [0, 0.05) is 19.6 Å². The summed E-state index contributed by atoms with van der Waals surface area (Å²) >= 11 is 1.44. The number of aromatic nitrogens is 2. The fourth-order valence-corrected chi connectivity index (χ4v) is 4.64. The number of rotatable bonds is 7. The molecule has 0 radical (unpaired) electrons. The molecule has 0 spiro atoms. The number of nitrogens with zero attached hydrogens (tertiary/aromatic N) is 3. The van der Waals surface area contributed by atoms with Crippen molar-refractivity contribution in [1.82, 2.24) is 15.3 Å². The zero-order valence-electron chi connectivity index (χ0n) is 18.0. The minimum atomic E-state index is 0.00514. The van der Waals surface area contributed by atoms with Crippen LogP contribution in [0, 0.1) is 0 Å². The number of amides is 1. The van der Waals surface area contributed by atoms with Gasteiger partial charge < -0.3 is 15.0 Å². The van der Waals surface area contributed by atoms with E-state index in [0.717, 1.165) is 41.4 Å². The molecule has 0 bridgehead atoms. The first kappa shape index (κ1) is 21.6. The van der Waals surface area contributed by atoms with E-state index in [9.17, 15) is 4.79 Å². The second kappa shape index (κ2) is 10.1. The van der Waals surface area contributed by atoms with Crippen LogP contribution in [0.15, 0.2) is 59.6 Å². The maximum absolute atomic E-state index is 12.4. The lowest BCUT2D eigenvalue weighted by Crippen LogP contribution is -2.46. The lowest BCUT2D eigenvalue weighted by atomic mass is 10.1. The third kappa shape index (κ3) is 5.74. The van der Waals surface area contributed by atoms with Gasteiger partial charge in [-0.3, -0.25) is 4.79 Å². The molecule has 2 atom stereocenters. The van der Waals surface area contributed by atoms with E-state index >= 15 is 0 Å². The molecule has 1 aliphatic heterocycles. The van der Waals surface area contributed by atoms with Gasteiger partial charge in [-0.2, -0.15) is 0 Å². The molecule has 1 fully saturated rings. The third-order valence-electron chi connectivity index (χ3n) is 5.16. The maximum atomic E-state index is 12.4. The Kier molecular flexibility index (Phi) is 7.04. The Bertz CT molecular complexity index is 1020. The Hall–Kier alpha value is -2.64. The number of carbonyl (C=O) groups excluding carboxylic acids is 1. The number of ether oxygens (including phenoxy) is 1. The van der Waals surface area contributed by atoms with Gasteiger partial charge in [0.05, 0.1) is 29.0 Å². The molecule has 4 rings (SSSR count). The molecule has 1 saturated heterocycles. The van der Waals surface area contributed by atoms with Gasteiger partial charge in [0.1, 0.15) is 5.03 Å². The van der Waals surface area contributed by atoms with Gasteiger partial charge in [-0.25, -0.2) is 9.97 Å². The summed E-state index contributed by atoms with van der Waals surface area (Å²) in [5, 5.41) is 3.80. The maximum Gasteiger partial charge on any atom is 0.230 e. The van der Waals surface area contributed by atoms with Crippen molar-refractivity contribution in [3.8, 4) is 0 Å². The van der Waals surface area contributed by atoms with Crippen molar-refractivity contribution in [2.24, 2.45) is 0 Å². The van der Waals surface area contributed by atoms with Crippen LogP contribution < -0.4 is 10.2 Å². The molecule has 7 heteroatoms. The van der Waals surface area contributed by atoms with Gasteiger partial charge in [0.15, 0.2) is 5.82 Å². The fraction of sp³-hybridized carbons (Fsp3) is 0.375. The molecule has 1 amide bonds. The van der Waals surface area contributed by atoms with Crippen molar-refractivity contribution in [3.63, 3.8) is 0 Å². The number of hydrogen-bond acceptors (Lipinski definition) is 6. The van der Waals surface area contributed by atoms with Crippen molar-refractivity contribution in [1.29, 1.82) is 0 Å². The molecule has 3 aromatic rings. The molecular formula is C24H28N4O2S. The topological polar surface area (TPSA) is 67.4 Å². The summed E-state index contributed by atoms with van der Waals surface area (Å²) in [6, 6.07) is 18.0. The van der Waals surface area contributed by atoms with Gasteiger partial charge in [0.25, 0.3) is 0 Å². The largest absolute Gasteiger partial charge is 0.372 e. The highest BCUT2D eigenvalue weighted by Gasteiger charge is 2.26. The first-order valence-corrected chi connectivity index (χ1v) is 11.7. The van der Waals surface area contributed by atoms with E-state index in [0.29, 0.717) is 12.3 Å². The number of para-hydroxylation sites is 2. The van der Waals surface area contributed by atoms with E-state index in [1.54, 1.807) is 0 Å². The van der Waals surface area contributed by atoms with Crippen molar-refractivity contribution in [2.75, 3.05) is 30.3 Å². The van der Waals surface area contributed by atoms with Crippen LogP contribution >= 0.6 is 11.8 Å². The van der Waals surface area contributed by atoms with Crippen LogP contribution in [0.5, 0.6) is 0 Å². The zero-order chi connectivity index (χ0) is 21.6. The quantitative estimate of drug-likeness (QED) is 0.570. The lowest BCUT2D eigenvalue weighted by molar-refractivity contribution is -0.118. The normalized spacial score (nSPS) is 18.8. The van der Waals surface area contributed by atoms with Crippen LogP contribution in [-0.4, -0.2) is 53.5 Å². The fourth-order valence-electron chi connectivity index (χ4n) is 3.80. The van der Waals surface area contributed by atoms with Gasteiger partial charge >= 0.3 is 0 Å². The van der Waals surface area contributed by atoms with Gasteiger partial charge in [-0.15, -0.1) is 0 Å². The Balaban J connectivity index is 1.44. The van der Waals surface area contributed by atoms with Crippen LogP contribution in [0.1, 0.15) is 19.4 Å². The Morgan fingerprint density at radius 1 is 1.03 bits per heavy atom. The number of morpholine rings is 1. The second-order valence-corrected chi connectivity index (χ2v) is 8.84. The highest BCUT2D eigenvalue weighted by Crippen LogP contribution is 2.30. The number of nitrogens with one attached hydrogen (secondary N) is 1. The van der Waals surface area contributed by atoms with Gasteiger partial charge in [-0.05, 0) is 38.0 Å². The average molecular weight is 437 g/mol. The molecule has 2 heterocycles. The van der Waals surface area contributed by atoms with Crippen LogP contribution in [-0.2, 0) is 16.0 Å². The van der Waals surface area contributed by atoms with E-state index in [4.69, 9.17) is 14.7 Å². The summed E-state index contributed by atoms with van der Waals surface area (Å²) in [4.78, 5) is 24.4. The molecule has 0 aliphatic carbocycles. The highest BCUT2D eigenvalue weighted by atomic mass is 32.2. The first-order chi connectivity index (χ1) is 15.1. The molecule has 6 nitrogen and oxygen atoms in total. The molecule has 0 saturated carbocycles. The number of fused-ring (bicyclic) bond motifs is 1. The van der Waals surface area contributed by atoms with E-state index < -0.39 is 0 Å². The molecule has 1 N–H and O–H groups in total. The summed E-state index contributed by atoms with van der Waals surface area (Å²) < 4.78 is 5.88. The van der Waals surface area contributed by atoms with Gasteiger partial charge in [0.2, 0.25) is 5.91 Å².